The number of hydrogen-bond donors (Lipinski definition) is 0. The zero-order valence-corrected chi connectivity index (χ0v) is 20.7. The van der Waals surface area contributed by atoms with Crippen molar-refractivity contribution in [3.63, 3.8) is 0 Å². The van der Waals surface area contributed by atoms with E-state index in [-0.39, 0.29) is 0 Å². The van der Waals surface area contributed by atoms with Gasteiger partial charge in [-0.1, -0.05) is 54.7 Å². The standard InChI is InChI=1S/C15H26Br3N2O2PS/c1-3-9-19(10-6-16)23(21,20(11-7-17)12-8-18)22-13-15-5-4-14(2)24-15/h4-5H,3,6-13H2,1-2H3. The maximum absolute atomic E-state index is 13.9. The van der Waals surface area contributed by atoms with Crippen molar-refractivity contribution in [3.8, 4) is 0 Å². The minimum atomic E-state index is -3.08. The first-order chi connectivity index (χ1) is 11.5. The molecular formula is C15H26Br3N2O2PS. The van der Waals surface area contributed by atoms with Crippen LogP contribution in [0.3, 0.4) is 0 Å². The van der Waals surface area contributed by atoms with Crippen molar-refractivity contribution in [2.24, 2.45) is 0 Å². The molecule has 0 saturated carbocycles. The summed E-state index contributed by atoms with van der Waals surface area (Å²) in [5.74, 6) is 0. The number of thiophene rings is 1. The van der Waals surface area contributed by atoms with Gasteiger partial charge in [-0.15, -0.1) is 11.3 Å². The van der Waals surface area contributed by atoms with Crippen LogP contribution in [0.15, 0.2) is 12.1 Å². The van der Waals surface area contributed by atoms with Gasteiger partial charge < -0.3 is 4.52 Å². The Balaban J connectivity index is 3.03. The maximum Gasteiger partial charge on any atom is 0.346 e. The van der Waals surface area contributed by atoms with Gasteiger partial charge in [-0.05, 0) is 25.5 Å². The van der Waals surface area contributed by atoms with Crippen molar-refractivity contribution in [3.05, 3.63) is 21.9 Å². The summed E-state index contributed by atoms with van der Waals surface area (Å²) in [4.78, 5) is 2.35. The van der Waals surface area contributed by atoms with Gasteiger partial charge in [0.1, 0.15) is 0 Å². The summed E-state index contributed by atoms with van der Waals surface area (Å²) in [6, 6.07) is 4.13. The first-order valence-electron chi connectivity index (χ1n) is 8.00. The van der Waals surface area contributed by atoms with Gasteiger partial charge in [-0.3, -0.25) is 4.57 Å². The molecule has 0 fully saturated rings. The van der Waals surface area contributed by atoms with Gasteiger partial charge in [-0.2, -0.15) is 0 Å². The number of aryl methyl sites for hydroxylation is 1. The number of rotatable bonds is 13. The van der Waals surface area contributed by atoms with Gasteiger partial charge in [0.15, 0.2) is 0 Å². The third kappa shape index (κ3) is 7.10. The highest BCUT2D eigenvalue weighted by Crippen LogP contribution is 2.55. The van der Waals surface area contributed by atoms with E-state index in [0.717, 1.165) is 33.8 Å². The second-order valence-electron chi connectivity index (χ2n) is 5.25. The zero-order valence-electron chi connectivity index (χ0n) is 14.2. The summed E-state index contributed by atoms with van der Waals surface area (Å²) >= 11 is 12.1. The molecule has 0 aliphatic carbocycles. The van der Waals surface area contributed by atoms with Crippen LogP contribution in [-0.4, -0.2) is 51.5 Å². The molecule has 0 amide bonds. The summed E-state index contributed by atoms with van der Waals surface area (Å²) in [5.41, 5.74) is 0. The van der Waals surface area contributed by atoms with Crippen LogP contribution >= 0.6 is 66.8 Å². The lowest BCUT2D eigenvalue weighted by Gasteiger charge is -2.37. The summed E-state index contributed by atoms with van der Waals surface area (Å²) in [5, 5.41) is 2.30. The van der Waals surface area contributed by atoms with Gasteiger partial charge in [-0.25, -0.2) is 9.34 Å². The fraction of sp³-hybridized carbons (Fsp3) is 0.733. The van der Waals surface area contributed by atoms with Crippen LogP contribution in [0.5, 0.6) is 0 Å². The third-order valence-electron chi connectivity index (χ3n) is 3.40. The molecule has 0 radical (unpaired) electrons. The molecule has 0 aromatic carbocycles. The molecule has 0 aliphatic heterocycles. The molecule has 1 rings (SSSR count). The molecule has 0 N–H and O–H groups in total. The lowest BCUT2D eigenvalue weighted by molar-refractivity contribution is 0.207. The molecule has 1 atom stereocenters. The highest BCUT2D eigenvalue weighted by Gasteiger charge is 2.37. The van der Waals surface area contributed by atoms with Crippen molar-refractivity contribution in [2.45, 2.75) is 26.9 Å². The summed E-state index contributed by atoms with van der Waals surface area (Å²) in [7, 11) is -3.08. The second kappa shape index (κ2) is 12.6. The molecule has 1 unspecified atom stereocenters. The van der Waals surface area contributed by atoms with Crippen molar-refractivity contribution in [1.82, 2.24) is 9.34 Å². The first kappa shape index (κ1) is 23.3. The van der Waals surface area contributed by atoms with E-state index in [9.17, 15) is 4.57 Å². The smallest absolute Gasteiger partial charge is 0.300 e. The maximum atomic E-state index is 13.9. The number of hydrogen-bond acceptors (Lipinski definition) is 3. The molecule has 9 heteroatoms. The van der Waals surface area contributed by atoms with E-state index >= 15 is 0 Å². The Morgan fingerprint density at radius 3 is 2.00 bits per heavy atom. The molecule has 1 heterocycles. The largest absolute Gasteiger partial charge is 0.346 e. The summed E-state index contributed by atoms with van der Waals surface area (Å²) in [6.45, 7) is 7.41. The van der Waals surface area contributed by atoms with Crippen LogP contribution in [0.2, 0.25) is 0 Å². The minimum Gasteiger partial charge on any atom is -0.300 e. The quantitative estimate of drug-likeness (QED) is 0.220. The monoisotopic (exact) mass is 566 g/mol. The van der Waals surface area contributed by atoms with Crippen LogP contribution in [0.1, 0.15) is 23.1 Å². The molecule has 0 saturated heterocycles. The Bertz CT molecular complexity index is 487. The Kier molecular flexibility index (Phi) is 12.2. The molecular weight excluding hydrogens is 543 g/mol. The Morgan fingerprint density at radius 1 is 1.04 bits per heavy atom. The number of alkyl halides is 3. The molecule has 24 heavy (non-hydrogen) atoms. The van der Waals surface area contributed by atoms with Gasteiger partial charge in [0.25, 0.3) is 0 Å². The molecule has 0 bridgehead atoms. The predicted molar refractivity (Wildman–Crippen MR) is 116 cm³/mol. The molecule has 1 aromatic rings. The number of nitrogens with zero attached hydrogens (tertiary/aromatic N) is 2. The molecule has 140 valence electrons. The predicted octanol–water partition coefficient (Wildman–Crippen LogP) is 5.88. The second-order valence-corrected chi connectivity index (χ2v) is 11.4. The van der Waals surface area contributed by atoms with Crippen molar-refractivity contribution < 1.29 is 9.09 Å². The fourth-order valence-electron chi connectivity index (χ4n) is 2.33. The van der Waals surface area contributed by atoms with Crippen molar-refractivity contribution in [1.29, 1.82) is 0 Å². The van der Waals surface area contributed by atoms with Crippen LogP contribution < -0.4 is 0 Å². The Labute approximate surface area is 175 Å². The summed E-state index contributed by atoms with van der Waals surface area (Å²) in [6.07, 6.45) is 0.939. The van der Waals surface area contributed by atoms with E-state index in [4.69, 9.17) is 4.52 Å². The SMILES string of the molecule is CCCN(CCBr)P(=O)(OCc1ccc(C)s1)N(CCBr)CCBr. The molecule has 1 aromatic heterocycles. The highest BCUT2D eigenvalue weighted by molar-refractivity contribution is 9.09. The van der Waals surface area contributed by atoms with E-state index in [1.54, 1.807) is 11.3 Å². The Morgan fingerprint density at radius 2 is 1.58 bits per heavy atom. The topological polar surface area (TPSA) is 32.8 Å². The minimum absolute atomic E-state index is 0.388. The van der Waals surface area contributed by atoms with E-state index < -0.39 is 7.67 Å². The third-order valence-corrected chi connectivity index (χ3v) is 8.13. The van der Waals surface area contributed by atoms with E-state index in [1.807, 2.05) is 9.34 Å². The molecule has 0 aliphatic rings. The first-order valence-corrected chi connectivity index (χ1v) is 13.7. The average molecular weight is 569 g/mol. The van der Waals surface area contributed by atoms with Gasteiger partial charge in [0.2, 0.25) is 0 Å². The fourth-order valence-corrected chi connectivity index (χ4v) is 7.83. The van der Waals surface area contributed by atoms with Crippen LogP contribution in [0.4, 0.5) is 0 Å². The van der Waals surface area contributed by atoms with Crippen LogP contribution in [0.25, 0.3) is 0 Å². The zero-order chi connectivity index (χ0) is 18.0. The highest BCUT2D eigenvalue weighted by atomic mass is 79.9. The molecule has 0 spiro atoms. The average Bonchev–Trinajstić information content (AvgIpc) is 2.98. The van der Waals surface area contributed by atoms with Crippen molar-refractivity contribution >= 4 is 66.8 Å². The lowest BCUT2D eigenvalue weighted by Crippen LogP contribution is -2.36. The van der Waals surface area contributed by atoms with Gasteiger partial charge in [0, 0.05) is 51.9 Å². The van der Waals surface area contributed by atoms with Gasteiger partial charge >= 0.3 is 7.67 Å². The molecule has 4 nitrogen and oxygen atoms in total. The van der Waals surface area contributed by atoms with E-state index in [1.165, 1.54) is 4.88 Å². The van der Waals surface area contributed by atoms with Crippen molar-refractivity contribution in [2.75, 3.05) is 42.2 Å². The van der Waals surface area contributed by atoms with Crippen LogP contribution in [0, 0.1) is 6.92 Å². The van der Waals surface area contributed by atoms with E-state index in [2.05, 4.69) is 73.8 Å². The van der Waals surface area contributed by atoms with Crippen LogP contribution in [-0.2, 0) is 15.7 Å². The normalized spacial score (nSPS) is 14.5. The van der Waals surface area contributed by atoms with E-state index in [0.29, 0.717) is 26.2 Å². The number of halogens is 3. The summed E-state index contributed by atoms with van der Waals surface area (Å²) < 4.78 is 24.0. The lowest BCUT2D eigenvalue weighted by atomic mass is 10.4. The van der Waals surface area contributed by atoms with Gasteiger partial charge in [0.05, 0.1) is 6.61 Å². The Hall–Kier alpha value is 1.25.